The van der Waals surface area contributed by atoms with Gasteiger partial charge in [0.15, 0.2) is 0 Å². The van der Waals surface area contributed by atoms with E-state index in [4.69, 9.17) is 11.6 Å². The lowest BCUT2D eigenvalue weighted by Gasteiger charge is -2.36. The summed E-state index contributed by atoms with van der Waals surface area (Å²) in [4.78, 5) is 0. The number of rotatable bonds is 6. The zero-order valence-electron chi connectivity index (χ0n) is 13.1. The highest BCUT2D eigenvalue weighted by Crippen LogP contribution is 2.30. The normalized spacial score (nSPS) is 13.1. The third-order valence-corrected chi connectivity index (χ3v) is 4.59. The largest absolute Gasteiger partial charge is 0.313 e. The predicted octanol–water partition coefficient (Wildman–Crippen LogP) is 4.84. The average Bonchev–Trinajstić information content (AvgIpc) is 2.50. The Labute approximate surface area is 133 Å². The first-order valence-corrected chi connectivity index (χ1v) is 7.95. The Bertz CT molecular complexity index is 563. The summed E-state index contributed by atoms with van der Waals surface area (Å²) in [5.41, 5.74) is 2.59. The van der Waals surface area contributed by atoms with Gasteiger partial charge in [-0.3, -0.25) is 0 Å². The van der Waals surface area contributed by atoms with Crippen molar-refractivity contribution in [2.75, 3.05) is 6.54 Å². The molecular weight excluding hydrogens is 278 g/mol. The number of benzene rings is 2. The molecule has 0 radical (unpaired) electrons. The third kappa shape index (κ3) is 3.87. The fourth-order valence-corrected chi connectivity index (χ4v) is 2.99. The van der Waals surface area contributed by atoms with Crippen molar-refractivity contribution in [3.8, 4) is 0 Å². The van der Waals surface area contributed by atoms with Crippen LogP contribution in [0.25, 0.3) is 0 Å². The molecule has 2 aromatic rings. The Morgan fingerprint density at radius 3 is 2.24 bits per heavy atom. The van der Waals surface area contributed by atoms with E-state index in [0.717, 1.165) is 18.0 Å². The van der Waals surface area contributed by atoms with Gasteiger partial charge >= 0.3 is 0 Å². The molecule has 1 N–H and O–H groups in total. The Morgan fingerprint density at radius 1 is 1.00 bits per heavy atom. The summed E-state index contributed by atoms with van der Waals surface area (Å²) in [6.07, 6.45) is 0.926. The molecule has 0 amide bonds. The highest BCUT2D eigenvalue weighted by atomic mass is 35.5. The van der Waals surface area contributed by atoms with Crippen molar-refractivity contribution in [3.63, 3.8) is 0 Å². The van der Waals surface area contributed by atoms with Crippen LogP contribution in [0.4, 0.5) is 0 Å². The van der Waals surface area contributed by atoms with E-state index in [-0.39, 0.29) is 5.41 Å². The molecule has 2 aromatic carbocycles. The van der Waals surface area contributed by atoms with Gasteiger partial charge in [0.2, 0.25) is 0 Å². The molecule has 1 atom stereocenters. The SMILES string of the molecule is CCNC(Cc1ccccc1Cl)C(C)(C)c1ccccc1. The smallest absolute Gasteiger partial charge is 0.0438 e. The van der Waals surface area contributed by atoms with Gasteiger partial charge in [0.1, 0.15) is 0 Å². The second kappa shape index (κ2) is 7.11. The van der Waals surface area contributed by atoms with E-state index in [0.29, 0.717) is 6.04 Å². The molecule has 0 aliphatic rings. The molecule has 112 valence electrons. The molecule has 2 heteroatoms. The minimum absolute atomic E-state index is 0.0381. The zero-order chi connectivity index (χ0) is 15.3. The summed E-state index contributed by atoms with van der Waals surface area (Å²) in [5.74, 6) is 0. The highest BCUT2D eigenvalue weighted by Gasteiger charge is 2.31. The van der Waals surface area contributed by atoms with E-state index >= 15 is 0 Å². The lowest BCUT2D eigenvalue weighted by atomic mass is 9.75. The minimum atomic E-state index is 0.0381. The van der Waals surface area contributed by atoms with Crippen molar-refractivity contribution in [2.24, 2.45) is 0 Å². The monoisotopic (exact) mass is 301 g/mol. The van der Waals surface area contributed by atoms with Gasteiger partial charge in [-0.25, -0.2) is 0 Å². The highest BCUT2D eigenvalue weighted by molar-refractivity contribution is 6.31. The standard InChI is InChI=1S/C19H24ClN/c1-4-21-18(14-15-10-8-9-13-17(15)20)19(2,3)16-11-6-5-7-12-16/h5-13,18,21H,4,14H2,1-3H3. The van der Waals surface area contributed by atoms with E-state index in [1.54, 1.807) is 0 Å². The van der Waals surface area contributed by atoms with Crippen LogP contribution in [0.5, 0.6) is 0 Å². The first kappa shape index (κ1) is 16.1. The quantitative estimate of drug-likeness (QED) is 0.805. The Kier molecular flexibility index (Phi) is 5.44. The van der Waals surface area contributed by atoms with Crippen LogP contribution in [0.15, 0.2) is 54.6 Å². The van der Waals surface area contributed by atoms with Crippen molar-refractivity contribution in [2.45, 2.75) is 38.6 Å². The van der Waals surface area contributed by atoms with E-state index in [1.807, 2.05) is 12.1 Å². The van der Waals surface area contributed by atoms with Crippen LogP contribution in [0.3, 0.4) is 0 Å². The lowest BCUT2D eigenvalue weighted by molar-refractivity contribution is 0.343. The van der Waals surface area contributed by atoms with Crippen LogP contribution in [0.1, 0.15) is 31.9 Å². The van der Waals surface area contributed by atoms with E-state index in [1.165, 1.54) is 11.1 Å². The van der Waals surface area contributed by atoms with Crippen LogP contribution in [-0.4, -0.2) is 12.6 Å². The van der Waals surface area contributed by atoms with Gasteiger partial charge in [0, 0.05) is 16.5 Å². The molecule has 0 saturated carbocycles. The molecule has 2 rings (SSSR count). The van der Waals surface area contributed by atoms with Crippen LogP contribution in [0.2, 0.25) is 5.02 Å². The zero-order valence-corrected chi connectivity index (χ0v) is 13.8. The van der Waals surface area contributed by atoms with Crippen LogP contribution < -0.4 is 5.32 Å². The van der Waals surface area contributed by atoms with Gasteiger partial charge in [-0.1, -0.05) is 80.9 Å². The number of likely N-dealkylation sites (N-methyl/N-ethyl adjacent to an activating group) is 1. The summed E-state index contributed by atoms with van der Waals surface area (Å²) in [7, 11) is 0. The number of halogens is 1. The van der Waals surface area contributed by atoms with Crippen molar-refractivity contribution >= 4 is 11.6 Å². The van der Waals surface area contributed by atoms with Crippen molar-refractivity contribution < 1.29 is 0 Å². The minimum Gasteiger partial charge on any atom is -0.313 e. The molecule has 0 fully saturated rings. The summed E-state index contributed by atoms with van der Waals surface area (Å²) in [5, 5.41) is 4.49. The van der Waals surface area contributed by atoms with Gasteiger partial charge in [0.25, 0.3) is 0 Å². The molecule has 0 saturated heterocycles. The Balaban J connectivity index is 2.28. The van der Waals surface area contributed by atoms with Gasteiger partial charge in [0.05, 0.1) is 0 Å². The molecule has 1 nitrogen and oxygen atoms in total. The van der Waals surface area contributed by atoms with Crippen LogP contribution >= 0.6 is 11.6 Å². The van der Waals surface area contributed by atoms with Gasteiger partial charge in [-0.2, -0.15) is 0 Å². The summed E-state index contributed by atoms with van der Waals surface area (Å²) in [6.45, 7) is 7.70. The van der Waals surface area contributed by atoms with E-state index in [2.05, 4.69) is 68.6 Å². The first-order valence-electron chi connectivity index (χ1n) is 7.58. The second-order valence-electron chi connectivity index (χ2n) is 5.99. The number of hydrogen-bond donors (Lipinski definition) is 1. The average molecular weight is 302 g/mol. The summed E-state index contributed by atoms with van der Waals surface area (Å²) in [6, 6.07) is 19.2. The van der Waals surface area contributed by atoms with E-state index in [9.17, 15) is 0 Å². The van der Waals surface area contributed by atoms with Crippen LogP contribution in [0, 0.1) is 0 Å². The second-order valence-corrected chi connectivity index (χ2v) is 6.40. The molecule has 0 spiro atoms. The maximum absolute atomic E-state index is 6.34. The predicted molar refractivity (Wildman–Crippen MR) is 92.1 cm³/mol. The number of nitrogens with one attached hydrogen (secondary N) is 1. The fraction of sp³-hybridized carbons (Fsp3) is 0.368. The van der Waals surface area contributed by atoms with Crippen molar-refractivity contribution in [1.29, 1.82) is 0 Å². The van der Waals surface area contributed by atoms with Gasteiger partial charge in [-0.15, -0.1) is 0 Å². The Morgan fingerprint density at radius 2 is 1.62 bits per heavy atom. The van der Waals surface area contributed by atoms with Crippen LogP contribution in [-0.2, 0) is 11.8 Å². The maximum Gasteiger partial charge on any atom is 0.0438 e. The van der Waals surface area contributed by atoms with Crippen molar-refractivity contribution in [3.05, 3.63) is 70.7 Å². The Hall–Kier alpha value is -1.31. The molecule has 21 heavy (non-hydrogen) atoms. The summed E-state index contributed by atoms with van der Waals surface area (Å²) >= 11 is 6.34. The molecule has 0 aliphatic carbocycles. The third-order valence-electron chi connectivity index (χ3n) is 4.22. The molecule has 1 unspecified atom stereocenters. The topological polar surface area (TPSA) is 12.0 Å². The summed E-state index contributed by atoms with van der Waals surface area (Å²) < 4.78 is 0. The van der Waals surface area contributed by atoms with Crippen molar-refractivity contribution in [1.82, 2.24) is 5.32 Å². The number of hydrogen-bond acceptors (Lipinski definition) is 1. The lowest BCUT2D eigenvalue weighted by Crippen LogP contribution is -2.46. The maximum atomic E-state index is 6.34. The first-order chi connectivity index (χ1) is 10.1. The van der Waals surface area contributed by atoms with E-state index < -0.39 is 0 Å². The molecule has 0 heterocycles. The van der Waals surface area contributed by atoms with Gasteiger partial charge in [-0.05, 0) is 30.2 Å². The molecule has 0 aliphatic heterocycles. The molecule has 0 bridgehead atoms. The van der Waals surface area contributed by atoms with Gasteiger partial charge < -0.3 is 5.32 Å². The molecule has 0 aromatic heterocycles. The fourth-order valence-electron chi connectivity index (χ4n) is 2.78. The molecular formula is C19H24ClN.